The smallest absolute Gasteiger partial charge is 0.264 e. The summed E-state index contributed by atoms with van der Waals surface area (Å²) in [5, 5.41) is 14.8. The van der Waals surface area contributed by atoms with Gasteiger partial charge in [-0.15, -0.1) is 0 Å². The van der Waals surface area contributed by atoms with Crippen molar-refractivity contribution in [2.24, 2.45) is 5.92 Å². The molecule has 4 aromatic rings. The van der Waals surface area contributed by atoms with Gasteiger partial charge in [0.15, 0.2) is 17.2 Å². The van der Waals surface area contributed by atoms with Crippen molar-refractivity contribution in [3.63, 3.8) is 0 Å². The maximum atomic E-state index is 15.5. The predicted molar refractivity (Wildman–Crippen MR) is 154 cm³/mol. The lowest BCUT2D eigenvalue weighted by atomic mass is 9.97. The number of aromatic nitrogens is 4. The molecule has 1 amide bonds. The van der Waals surface area contributed by atoms with Crippen LogP contribution in [0, 0.1) is 34.7 Å². The minimum Gasteiger partial charge on any atom is -0.454 e. The second-order valence-corrected chi connectivity index (χ2v) is 10.7. The highest BCUT2D eigenvalue weighted by molar-refractivity contribution is 5.99. The maximum absolute atomic E-state index is 15.5. The third-order valence-corrected chi connectivity index (χ3v) is 7.94. The van der Waals surface area contributed by atoms with Crippen LogP contribution in [-0.2, 0) is 16.1 Å². The topological polar surface area (TPSA) is 132 Å². The number of fused-ring (bicyclic) bond motifs is 1. The Bertz CT molecular complexity index is 1800. The van der Waals surface area contributed by atoms with Crippen LogP contribution in [0.3, 0.4) is 0 Å². The Morgan fingerprint density at radius 2 is 1.95 bits per heavy atom. The van der Waals surface area contributed by atoms with Crippen molar-refractivity contribution in [3.05, 3.63) is 71.8 Å². The fourth-order valence-corrected chi connectivity index (χ4v) is 5.71. The van der Waals surface area contributed by atoms with E-state index < -0.39 is 17.5 Å². The van der Waals surface area contributed by atoms with E-state index in [0.29, 0.717) is 37.2 Å². The van der Waals surface area contributed by atoms with Gasteiger partial charge in [-0.1, -0.05) is 12.1 Å². The summed E-state index contributed by atoms with van der Waals surface area (Å²) in [6.45, 7) is 1.92. The van der Waals surface area contributed by atoms with Gasteiger partial charge in [0.1, 0.15) is 41.0 Å². The molecule has 1 unspecified atom stereocenters. The number of ether oxygens (including phenoxy) is 2. The molecule has 2 N–H and O–H groups in total. The normalized spacial score (nSPS) is 17.6. The van der Waals surface area contributed by atoms with Crippen molar-refractivity contribution < 1.29 is 27.4 Å². The highest BCUT2D eigenvalue weighted by atomic mass is 19.2. The summed E-state index contributed by atoms with van der Waals surface area (Å²) in [6.07, 6.45) is 5.98. The molecule has 0 aliphatic carbocycles. The van der Waals surface area contributed by atoms with Crippen LogP contribution in [0.25, 0.3) is 22.3 Å². The SMILES string of the molecule is N#CC(=CC1CCOCC1)C(=O)N1CCCC1Cn1nc(-c2ccc(Oc3cccc(F)c3F)cc2F)c2c(N)ncnc21. The molecule has 0 bridgehead atoms. The molecule has 13 heteroatoms. The van der Waals surface area contributed by atoms with Crippen LogP contribution in [0.1, 0.15) is 25.7 Å². The molecule has 6 rings (SSSR count). The van der Waals surface area contributed by atoms with Gasteiger partial charge in [-0.2, -0.15) is 14.8 Å². The van der Waals surface area contributed by atoms with Crippen molar-refractivity contribution in [2.75, 3.05) is 25.5 Å². The third kappa shape index (κ3) is 5.68. The van der Waals surface area contributed by atoms with Crippen LogP contribution in [0.15, 0.2) is 54.4 Å². The monoisotopic (exact) mass is 603 g/mol. The van der Waals surface area contributed by atoms with Crippen molar-refractivity contribution >= 4 is 22.8 Å². The van der Waals surface area contributed by atoms with E-state index in [1.807, 2.05) is 0 Å². The first kappa shape index (κ1) is 29.1. The van der Waals surface area contributed by atoms with E-state index in [1.54, 1.807) is 15.7 Å². The highest BCUT2D eigenvalue weighted by Gasteiger charge is 2.33. The minimum atomic E-state index is -1.19. The molecule has 2 aromatic carbocycles. The number of hydrogen-bond donors (Lipinski definition) is 1. The number of nitrogens with two attached hydrogens (primary N) is 1. The summed E-state index contributed by atoms with van der Waals surface area (Å²) in [7, 11) is 0. The van der Waals surface area contributed by atoms with Gasteiger partial charge >= 0.3 is 0 Å². The average Bonchev–Trinajstić information content (AvgIpc) is 3.64. The summed E-state index contributed by atoms with van der Waals surface area (Å²) in [5.41, 5.74) is 6.91. The zero-order valence-corrected chi connectivity index (χ0v) is 23.5. The summed E-state index contributed by atoms with van der Waals surface area (Å²) in [5.74, 6) is -3.59. The number of allylic oxidation sites excluding steroid dienone is 1. The number of nitriles is 1. The van der Waals surface area contributed by atoms with Gasteiger partial charge < -0.3 is 20.1 Å². The predicted octanol–water partition coefficient (Wildman–Crippen LogP) is 5.15. The number of likely N-dealkylation sites (tertiary alicyclic amines) is 1. The molecule has 2 aromatic heterocycles. The first-order valence-corrected chi connectivity index (χ1v) is 14.2. The average molecular weight is 604 g/mol. The molecule has 2 aliphatic rings. The summed E-state index contributed by atoms with van der Waals surface area (Å²) in [4.78, 5) is 23.6. The molecule has 2 fully saturated rings. The Morgan fingerprint density at radius 3 is 2.73 bits per heavy atom. The van der Waals surface area contributed by atoms with Crippen molar-refractivity contribution in [1.29, 1.82) is 5.26 Å². The van der Waals surface area contributed by atoms with Gasteiger partial charge in [-0.25, -0.2) is 23.4 Å². The Hall–Kier alpha value is -4.96. The van der Waals surface area contributed by atoms with Crippen LogP contribution in [0.5, 0.6) is 11.5 Å². The van der Waals surface area contributed by atoms with Crippen LogP contribution in [0.4, 0.5) is 19.0 Å². The quantitative estimate of drug-likeness (QED) is 0.227. The van der Waals surface area contributed by atoms with Crippen LogP contribution >= 0.6 is 0 Å². The van der Waals surface area contributed by atoms with Gasteiger partial charge in [-0.05, 0) is 55.9 Å². The van der Waals surface area contributed by atoms with E-state index in [9.17, 15) is 18.8 Å². The number of carbonyl (C=O) groups is 1. The van der Waals surface area contributed by atoms with Gasteiger partial charge in [-0.3, -0.25) is 4.79 Å². The van der Waals surface area contributed by atoms with Gasteiger partial charge in [0.2, 0.25) is 5.82 Å². The first-order valence-electron chi connectivity index (χ1n) is 14.2. The molecule has 1 atom stereocenters. The van der Waals surface area contributed by atoms with E-state index in [0.717, 1.165) is 31.4 Å². The summed E-state index contributed by atoms with van der Waals surface area (Å²) in [6, 6.07) is 9.09. The number of benzene rings is 2. The van der Waals surface area contributed by atoms with Crippen LogP contribution in [-0.4, -0.2) is 56.4 Å². The Balaban J connectivity index is 1.29. The standard InChI is InChI=1S/C31H28F3N7O3/c32-23-4-1-5-25(27(23)34)44-21-6-7-22(24(33)14-21)28-26-29(36)37-17-38-30(26)41(39-28)16-20-3-2-10-40(20)31(42)19(15-35)13-18-8-11-43-12-9-18/h1,4-7,13-14,17-18,20H,2-3,8-12,16H2,(H2,36,37,38). The lowest BCUT2D eigenvalue weighted by molar-refractivity contribution is -0.127. The Labute approximate surface area is 250 Å². The van der Waals surface area contributed by atoms with E-state index in [-0.39, 0.29) is 58.6 Å². The number of rotatable bonds is 7. The number of amides is 1. The molecule has 10 nitrogen and oxygen atoms in total. The lowest BCUT2D eigenvalue weighted by Gasteiger charge is -2.25. The van der Waals surface area contributed by atoms with Crippen LogP contribution in [0.2, 0.25) is 0 Å². The fourth-order valence-electron chi connectivity index (χ4n) is 5.71. The van der Waals surface area contributed by atoms with E-state index >= 15 is 4.39 Å². The number of nitrogens with zero attached hydrogens (tertiary/aromatic N) is 6. The highest BCUT2D eigenvalue weighted by Crippen LogP contribution is 2.35. The van der Waals surface area contributed by atoms with E-state index in [1.165, 1.54) is 30.6 Å². The lowest BCUT2D eigenvalue weighted by Crippen LogP contribution is -2.39. The van der Waals surface area contributed by atoms with Gasteiger partial charge in [0.05, 0.1) is 18.0 Å². The first-order chi connectivity index (χ1) is 21.3. The number of hydrogen-bond acceptors (Lipinski definition) is 8. The molecular formula is C31H28F3N7O3. The number of anilines is 1. The summed E-state index contributed by atoms with van der Waals surface area (Å²) >= 11 is 0. The molecule has 2 saturated heterocycles. The summed E-state index contributed by atoms with van der Waals surface area (Å²) < 4.78 is 55.5. The molecule has 0 radical (unpaired) electrons. The second kappa shape index (κ2) is 12.3. The van der Waals surface area contributed by atoms with Crippen molar-refractivity contribution in [2.45, 2.75) is 38.3 Å². The second-order valence-electron chi connectivity index (χ2n) is 10.7. The van der Waals surface area contributed by atoms with E-state index in [2.05, 4.69) is 21.1 Å². The zero-order valence-electron chi connectivity index (χ0n) is 23.5. The molecule has 0 saturated carbocycles. The fraction of sp³-hybridized carbons (Fsp3) is 0.323. The molecule has 44 heavy (non-hydrogen) atoms. The third-order valence-electron chi connectivity index (χ3n) is 7.94. The van der Waals surface area contributed by atoms with Crippen molar-refractivity contribution in [1.82, 2.24) is 24.6 Å². The van der Waals surface area contributed by atoms with Gasteiger partial charge in [0.25, 0.3) is 5.91 Å². The van der Waals surface area contributed by atoms with E-state index in [4.69, 9.17) is 15.2 Å². The minimum absolute atomic E-state index is 0.0501. The van der Waals surface area contributed by atoms with Crippen LogP contribution < -0.4 is 10.5 Å². The number of carbonyl (C=O) groups excluding carboxylic acids is 1. The zero-order chi connectivity index (χ0) is 30.8. The number of halogens is 3. The molecular weight excluding hydrogens is 575 g/mol. The number of nitrogen functional groups attached to an aromatic ring is 1. The largest absolute Gasteiger partial charge is 0.454 e. The molecule has 4 heterocycles. The van der Waals surface area contributed by atoms with Crippen molar-refractivity contribution in [3.8, 4) is 28.8 Å². The molecule has 2 aliphatic heterocycles. The van der Waals surface area contributed by atoms with Gasteiger partial charge in [0, 0.05) is 31.4 Å². The molecule has 226 valence electrons. The maximum Gasteiger partial charge on any atom is 0.264 e. The molecule has 0 spiro atoms. The Kier molecular flexibility index (Phi) is 8.17. The Morgan fingerprint density at radius 1 is 1.14 bits per heavy atom.